The van der Waals surface area contributed by atoms with Crippen LogP contribution in [0, 0.1) is 12.3 Å². The van der Waals surface area contributed by atoms with Crippen molar-refractivity contribution < 1.29 is 9.90 Å². The highest BCUT2D eigenvalue weighted by atomic mass is 16.4. The van der Waals surface area contributed by atoms with E-state index < -0.39 is 11.5 Å². The molecule has 1 aliphatic heterocycles. The normalized spacial score (nSPS) is 18.9. The molecule has 1 aliphatic rings. The number of unbranched alkanes of at least 4 members (excludes halogenated alkanes) is 1. The monoisotopic (exact) mass is 262 g/mol. The Bertz CT molecular complexity index is 430. The molecule has 0 saturated heterocycles. The molecular formula is C15H22N2O2. The summed E-state index contributed by atoms with van der Waals surface area (Å²) in [6.07, 6.45) is 12.4. The number of terminal acetylenes is 1. The van der Waals surface area contributed by atoms with Crippen molar-refractivity contribution in [2.24, 2.45) is 0 Å². The minimum atomic E-state index is -0.920. The van der Waals surface area contributed by atoms with Crippen LogP contribution >= 0.6 is 0 Å². The minimum absolute atomic E-state index is 0.321. The Morgan fingerprint density at radius 2 is 2.32 bits per heavy atom. The van der Waals surface area contributed by atoms with Crippen molar-refractivity contribution in [1.29, 1.82) is 0 Å². The first-order chi connectivity index (χ1) is 8.94. The van der Waals surface area contributed by atoms with Crippen molar-refractivity contribution in [1.82, 2.24) is 10.2 Å². The maximum absolute atomic E-state index is 11.3. The van der Waals surface area contributed by atoms with E-state index in [1.165, 1.54) is 0 Å². The van der Waals surface area contributed by atoms with Gasteiger partial charge in [-0.15, -0.1) is 6.42 Å². The van der Waals surface area contributed by atoms with Crippen LogP contribution in [0.15, 0.2) is 23.9 Å². The molecule has 1 rings (SSSR count). The topological polar surface area (TPSA) is 52.6 Å². The lowest BCUT2D eigenvalue weighted by molar-refractivity contribution is -0.133. The third kappa shape index (κ3) is 3.62. The molecule has 0 spiro atoms. The predicted molar refractivity (Wildman–Crippen MR) is 76.3 cm³/mol. The van der Waals surface area contributed by atoms with Crippen molar-refractivity contribution in [2.75, 3.05) is 6.54 Å². The summed E-state index contributed by atoms with van der Waals surface area (Å²) in [4.78, 5) is 13.2. The molecule has 1 heterocycles. The fourth-order valence-electron chi connectivity index (χ4n) is 1.96. The average Bonchev–Trinajstić information content (AvgIpc) is 2.38. The van der Waals surface area contributed by atoms with E-state index in [0.29, 0.717) is 5.57 Å². The first-order valence-corrected chi connectivity index (χ1v) is 6.55. The second-order valence-electron chi connectivity index (χ2n) is 5.09. The lowest BCUT2D eigenvalue weighted by Gasteiger charge is -2.42. The first-order valence-electron chi connectivity index (χ1n) is 6.55. The zero-order valence-corrected chi connectivity index (χ0v) is 11.8. The van der Waals surface area contributed by atoms with Gasteiger partial charge in [0.05, 0.1) is 11.1 Å². The van der Waals surface area contributed by atoms with Crippen LogP contribution in [-0.4, -0.2) is 34.2 Å². The van der Waals surface area contributed by atoms with Crippen molar-refractivity contribution in [2.45, 2.75) is 45.3 Å². The third-order valence-corrected chi connectivity index (χ3v) is 3.21. The molecule has 0 saturated carbocycles. The molecule has 104 valence electrons. The highest BCUT2D eigenvalue weighted by Gasteiger charge is 2.34. The Hall–Kier alpha value is -1.73. The number of aliphatic carboxylic acids is 1. The van der Waals surface area contributed by atoms with Gasteiger partial charge >= 0.3 is 5.97 Å². The maximum atomic E-state index is 11.3. The molecule has 1 unspecified atom stereocenters. The van der Waals surface area contributed by atoms with Crippen LogP contribution in [0.3, 0.4) is 0 Å². The fourth-order valence-corrected chi connectivity index (χ4v) is 1.96. The molecule has 0 fully saturated rings. The van der Waals surface area contributed by atoms with Crippen LogP contribution in [0.25, 0.3) is 0 Å². The zero-order valence-electron chi connectivity index (χ0n) is 11.8. The van der Waals surface area contributed by atoms with Crippen LogP contribution in [-0.2, 0) is 4.79 Å². The molecule has 0 aromatic carbocycles. The lowest BCUT2D eigenvalue weighted by Crippen LogP contribution is -2.55. The molecule has 4 heteroatoms. The van der Waals surface area contributed by atoms with E-state index in [-0.39, 0.29) is 6.17 Å². The average molecular weight is 262 g/mol. The van der Waals surface area contributed by atoms with Gasteiger partial charge in [0.1, 0.15) is 6.17 Å². The molecule has 19 heavy (non-hydrogen) atoms. The summed E-state index contributed by atoms with van der Waals surface area (Å²) >= 11 is 0. The van der Waals surface area contributed by atoms with E-state index >= 15 is 0 Å². The van der Waals surface area contributed by atoms with Crippen molar-refractivity contribution in [3.63, 3.8) is 0 Å². The quantitative estimate of drug-likeness (QED) is 0.567. The number of carboxylic acids is 1. The Morgan fingerprint density at radius 1 is 1.63 bits per heavy atom. The first kappa shape index (κ1) is 15.3. The number of carboxylic acid groups (broad SMARTS) is 1. The molecule has 0 bridgehead atoms. The molecular weight excluding hydrogens is 240 g/mol. The number of rotatable bonds is 6. The summed E-state index contributed by atoms with van der Waals surface area (Å²) in [5, 5.41) is 12.6. The van der Waals surface area contributed by atoms with E-state index in [2.05, 4.69) is 18.2 Å². The van der Waals surface area contributed by atoms with Crippen LogP contribution in [0.5, 0.6) is 0 Å². The smallest absolute Gasteiger partial charge is 0.335 e. The standard InChI is InChI=1S/C15H22N2O2/c1-5-7-10-16-13-12(14(18)19)9-8-11-17(13)15(3,4)6-2/h2,8-9,11,13,16H,5,7,10H2,1,3-4H3,(H,18,19). The summed E-state index contributed by atoms with van der Waals surface area (Å²) in [6.45, 7) is 6.66. The summed E-state index contributed by atoms with van der Waals surface area (Å²) in [7, 11) is 0. The van der Waals surface area contributed by atoms with E-state index in [4.69, 9.17) is 6.42 Å². The van der Waals surface area contributed by atoms with Gasteiger partial charge in [0, 0.05) is 6.20 Å². The second kappa shape index (κ2) is 6.44. The van der Waals surface area contributed by atoms with E-state index in [1.54, 1.807) is 12.2 Å². The molecule has 2 N–H and O–H groups in total. The summed E-state index contributed by atoms with van der Waals surface area (Å²) < 4.78 is 0. The molecule has 4 nitrogen and oxygen atoms in total. The molecule has 0 aromatic heterocycles. The van der Waals surface area contributed by atoms with E-state index in [1.807, 2.05) is 24.9 Å². The van der Waals surface area contributed by atoms with Crippen molar-refractivity contribution in [3.05, 3.63) is 23.9 Å². The summed E-state index contributed by atoms with van der Waals surface area (Å²) in [5.74, 6) is 1.79. The summed E-state index contributed by atoms with van der Waals surface area (Å²) in [5.41, 5.74) is -0.225. The Kier molecular flexibility index (Phi) is 5.20. The SMILES string of the molecule is C#CC(C)(C)N1C=CC=C(C(=O)O)C1NCCCC. The van der Waals surface area contributed by atoms with Gasteiger partial charge in [0.25, 0.3) is 0 Å². The van der Waals surface area contributed by atoms with Crippen molar-refractivity contribution >= 4 is 5.97 Å². The van der Waals surface area contributed by atoms with Crippen LogP contribution in [0.4, 0.5) is 0 Å². The zero-order chi connectivity index (χ0) is 14.5. The molecule has 0 aliphatic carbocycles. The number of hydrogen-bond donors (Lipinski definition) is 2. The number of nitrogens with zero attached hydrogens (tertiary/aromatic N) is 1. The highest BCUT2D eigenvalue weighted by molar-refractivity contribution is 5.88. The Morgan fingerprint density at radius 3 is 2.84 bits per heavy atom. The number of nitrogens with one attached hydrogen (secondary N) is 1. The van der Waals surface area contributed by atoms with Gasteiger partial charge in [0.2, 0.25) is 0 Å². The van der Waals surface area contributed by atoms with Gasteiger partial charge in [-0.3, -0.25) is 5.32 Å². The Balaban J connectivity index is 2.97. The maximum Gasteiger partial charge on any atom is 0.335 e. The van der Waals surface area contributed by atoms with Gasteiger partial charge in [-0.2, -0.15) is 0 Å². The van der Waals surface area contributed by atoms with Gasteiger partial charge in [-0.1, -0.05) is 19.3 Å². The molecule has 0 amide bonds. The van der Waals surface area contributed by atoms with Gasteiger partial charge < -0.3 is 10.0 Å². The number of allylic oxidation sites excluding steroid dienone is 2. The highest BCUT2D eigenvalue weighted by Crippen LogP contribution is 2.24. The van der Waals surface area contributed by atoms with Gasteiger partial charge in [0.15, 0.2) is 0 Å². The van der Waals surface area contributed by atoms with E-state index in [0.717, 1.165) is 19.4 Å². The number of carbonyl (C=O) groups is 1. The third-order valence-electron chi connectivity index (χ3n) is 3.21. The molecule has 1 atom stereocenters. The van der Waals surface area contributed by atoms with Gasteiger partial charge in [-0.25, -0.2) is 4.79 Å². The number of hydrogen-bond acceptors (Lipinski definition) is 3. The van der Waals surface area contributed by atoms with Crippen LogP contribution < -0.4 is 5.32 Å². The molecule has 0 radical (unpaired) electrons. The predicted octanol–water partition coefficient (Wildman–Crippen LogP) is 1.95. The minimum Gasteiger partial charge on any atom is -0.478 e. The summed E-state index contributed by atoms with van der Waals surface area (Å²) in [6, 6.07) is 0. The van der Waals surface area contributed by atoms with Crippen molar-refractivity contribution in [3.8, 4) is 12.3 Å². The van der Waals surface area contributed by atoms with Gasteiger partial charge in [-0.05, 0) is 39.0 Å². The largest absolute Gasteiger partial charge is 0.478 e. The Labute approximate surface area is 115 Å². The van der Waals surface area contributed by atoms with Crippen LogP contribution in [0.1, 0.15) is 33.6 Å². The van der Waals surface area contributed by atoms with E-state index in [9.17, 15) is 9.90 Å². The lowest BCUT2D eigenvalue weighted by atomic mass is 9.99. The molecule has 0 aromatic rings. The fraction of sp³-hybridized carbons (Fsp3) is 0.533. The van der Waals surface area contributed by atoms with Crippen LogP contribution in [0.2, 0.25) is 0 Å². The second-order valence-corrected chi connectivity index (χ2v) is 5.09.